The van der Waals surface area contributed by atoms with Gasteiger partial charge >= 0.3 is 5.97 Å². The number of carbonyl (C=O) groups is 2. The van der Waals surface area contributed by atoms with Crippen LogP contribution in [0.1, 0.15) is 48.2 Å². The number of hydrogen-bond acceptors (Lipinski definition) is 2. The molecule has 1 aliphatic rings. The number of benzene rings is 1. The number of fused-ring (bicyclic) bond motifs is 1. The van der Waals surface area contributed by atoms with Crippen molar-refractivity contribution in [3.05, 3.63) is 34.9 Å². The molecule has 0 aromatic heterocycles. The summed E-state index contributed by atoms with van der Waals surface area (Å²) in [5.41, 5.74) is 3.08. The highest BCUT2D eigenvalue weighted by molar-refractivity contribution is 5.96. The summed E-state index contributed by atoms with van der Waals surface area (Å²) in [5, 5.41) is 11.8. The van der Waals surface area contributed by atoms with Crippen LogP contribution in [0.4, 0.5) is 0 Å². The fraction of sp³-hybridized carbons (Fsp3) is 0.500. The van der Waals surface area contributed by atoms with Gasteiger partial charge in [0, 0.05) is 5.56 Å². The SMILES string of the molecule is CC(C)CC(NC(=O)c1ccc2c(c1)CCC2)C(=O)O. The van der Waals surface area contributed by atoms with Gasteiger partial charge in [-0.2, -0.15) is 0 Å². The Kier molecular flexibility index (Phi) is 4.42. The maximum atomic E-state index is 12.2. The number of nitrogens with one attached hydrogen (secondary N) is 1. The minimum atomic E-state index is -0.979. The molecule has 4 heteroatoms. The van der Waals surface area contributed by atoms with Crippen LogP contribution in [0.3, 0.4) is 0 Å². The summed E-state index contributed by atoms with van der Waals surface area (Å²) >= 11 is 0. The van der Waals surface area contributed by atoms with Crippen molar-refractivity contribution in [1.82, 2.24) is 5.32 Å². The number of carboxylic acid groups (broad SMARTS) is 1. The molecule has 0 bridgehead atoms. The van der Waals surface area contributed by atoms with E-state index < -0.39 is 12.0 Å². The first-order chi connectivity index (χ1) is 9.47. The molecule has 0 spiro atoms. The van der Waals surface area contributed by atoms with Crippen molar-refractivity contribution in [1.29, 1.82) is 0 Å². The molecule has 4 nitrogen and oxygen atoms in total. The summed E-state index contributed by atoms with van der Waals surface area (Å²) in [6.07, 6.45) is 3.64. The van der Waals surface area contributed by atoms with Gasteiger partial charge in [-0.05, 0) is 54.9 Å². The third kappa shape index (κ3) is 3.38. The van der Waals surface area contributed by atoms with E-state index in [1.165, 1.54) is 11.1 Å². The topological polar surface area (TPSA) is 66.4 Å². The minimum absolute atomic E-state index is 0.219. The Morgan fingerprint density at radius 1 is 1.25 bits per heavy atom. The van der Waals surface area contributed by atoms with Gasteiger partial charge in [0.15, 0.2) is 0 Å². The molecule has 1 aliphatic carbocycles. The van der Waals surface area contributed by atoms with Gasteiger partial charge in [0.2, 0.25) is 0 Å². The summed E-state index contributed by atoms with van der Waals surface area (Å²) in [6, 6.07) is 4.84. The van der Waals surface area contributed by atoms with Crippen LogP contribution in [-0.2, 0) is 17.6 Å². The van der Waals surface area contributed by atoms with Crippen molar-refractivity contribution in [2.75, 3.05) is 0 Å². The van der Waals surface area contributed by atoms with Crippen LogP contribution in [-0.4, -0.2) is 23.0 Å². The third-order valence-corrected chi connectivity index (χ3v) is 3.67. The fourth-order valence-corrected chi connectivity index (χ4v) is 2.65. The summed E-state index contributed by atoms with van der Waals surface area (Å²) < 4.78 is 0. The predicted molar refractivity (Wildman–Crippen MR) is 76.8 cm³/mol. The molecule has 2 N–H and O–H groups in total. The number of aryl methyl sites for hydroxylation is 2. The van der Waals surface area contributed by atoms with Crippen LogP contribution in [0.2, 0.25) is 0 Å². The van der Waals surface area contributed by atoms with Gasteiger partial charge in [0.25, 0.3) is 5.91 Å². The molecular formula is C16H21NO3. The highest BCUT2D eigenvalue weighted by Gasteiger charge is 2.22. The molecule has 1 amide bonds. The van der Waals surface area contributed by atoms with Gasteiger partial charge in [-0.15, -0.1) is 0 Å². The van der Waals surface area contributed by atoms with Crippen molar-refractivity contribution in [3.8, 4) is 0 Å². The molecule has 108 valence electrons. The van der Waals surface area contributed by atoms with E-state index in [-0.39, 0.29) is 11.8 Å². The zero-order valence-corrected chi connectivity index (χ0v) is 12.0. The van der Waals surface area contributed by atoms with Gasteiger partial charge in [0.1, 0.15) is 6.04 Å². The smallest absolute Gasteiger partial charge is 0.326 e. The zero-order valence-electron chi connectivity index (χ0n) is 12.0. The van der Waals surface area contributed by atoms with E-state index in [4.69, 9.17) is 5.11 Å². The molecule has 1 unspecified atom stereocenters. The third-order valence-electron chi connectivity index (χ3n) is 3.67. The van der Waals surface area contributed by atoms with Gasteiger partial charge < -0.3 is 10.4 Å². The first-order valence-corrected chi connectivity index (χ1v) is 7.13. The van der Waals surface area contributed by atoms with Crippen molar-refractivity contribution in [3.63, 3.8) is 0 Å². The second kappa shape index (κ2) is 6.07. The number of carboxylic acids is 1. The Morgan fingerprint density at radius 3 is 2.60 bits per heavy atom. The molecule has 0 saturated carbocycles. The molecule has 1 aromatic rings. The van der Waals surface area contributed by atoms with E-state index in [0.29, 0.717) is 12.0 Å². The maximum absolute atomic E-state index is 12.2. The molecule has 0 aliphatic heterocycles. The average molecular weight is 275 g/mol. The van der Waals surface area contributed by atoms with E-state index >= 15 is 0 Å². The normalized spacial score (nSPS) is 14.9. The van der Waals surface area contributed by atoms with Crippen molar-refractivity contribution in [2.24, 2.45) is 5.92 Å². The second-order valence-electron chi connectivity index (χ2n) is 5.83. The van der Waals surface area contributed by atoms with E-state index in [0.717, 1.165) is 19.3 Å². The van der Waals surface area contributed by atoms with E-state index in [2.05, 4.69) is 5.32 Å². The summed E-state index contributed by atoms with van der Waals surface area (Å²) in [5.74, 6) is -1.06. The molecule has 0 radical (unpaired) electrons. The van der Waals surface area contributed by atoms with Gasteiger partial charge in [-0.25, -0.2) is 4.79 Å². The van der Waals surface area contributed by atoms with E-state index in [9.17, 15) is 9.59 Å². The molecule has 20 heavy (non-hydrogen) atoms. The molecule has 0 heterocycles. The van der Waals surface area contributed by atoms with Crippen LogP contribution in [0.5, 0.6) is 0 Å². The van der Waals surface area contributed by atoms with E-state index in [1.807, 2.05) is 26.0 Å². The Morgan fingerprint density at radius 2 is 1.95 bits per heavy atom. The summed E-state index contributed by atoms with van der Waals surface area (Å²) in [4.78, 5) is 23.3. The first-order valence-electron chi connectivity index (χ1n) is 7.13. The zero-order chi connectivity index (χ0) is 14.7. The first kappa shape index (κ1) is 14.6. The van der Waals surface area contributed by atoms with Crippen LogP contribution in [0.15, 0.2) is 18.2 Å². The molecule has 0 fully saturated rings. The maximum Gasteiger partial charge on any atom is 0.326 e. The lowest BCUT2D eigenvalue weighted by Crippen LogP contribution is -2.41. The lowest BCUT2D eigenvalue weighted by molar-refractivity contribution is -0.139. The minimum Gasteiger partial charge on any atom is -0.480 e. The standard InChI is InChI=1S/C16H21NO3/c1-10(2)8-14(16(19)20)17-15(18)13-7-6-11-4-3-5-12(11)9-13/h6-7,9-10,14H,3-5,8H2,1-2H3,(H,17,18)(H,19,20). The van der Waals surface area contributed by atoms with Crippen molar-refractivity contribution < 1.29 is 14.7 Å². The second-order valence-corrected chi connectivity index (χ2v) is 5.83. The number of carbonyl (C=O) groups excluding carboxylic acids is 1. The quantitative estimate of drug-likeness (QED) is 0.867. The number of rotatable bonds is 5. The Labute approximate surface area is 119 Å². The fourth-order valence-electron chi connectivity index (χ4n) is 2.65. The molecule has 1 atom stereocenters. The summed E-state index contributed by atoms with van der Waals surface area (Å²) in [6.45, 7) is 3.88. The molecule has 2 rings (SSSR count). The number of aliphatic carboxylic acids is 1. The monoisotopic (exact) mass is 275 g/mol. The van der Waals surface area contributed by atoms with Gasteiger partial charge in [-0.3, -0.25) is 4.79 Å². The van der Waals surface area contributed by atoms with Crippen molar-refractivity contribution in [2.45, 2.75) is 45.6 Å². The Bertz CT molecular complexity index is 522. The Hall–Kier alpha value is -1.84. The van der Waals surface area contributed by atoms with Crippen LogP contribution < -0.4 is 5.32 Å². The number of amides is 1. The van der Waals surface area contributed by atoms with Crippen LogP contribution in [0, 0.1) is 5.92 Å². The average Bonchev–Trinajstić information content (AvgIpc) is 2.84. The van der Waals surface area contributed by atoms with E-state index in [1.54, 1.807) is 6.07 Å². The molecular weight excluding hydrogens is 254 g/mol. The summed E-state index contributed by atoms with van der Waals surface area (Å²) in [7, 11) is 0. The van der Waals surface area contributed by atoms with Gasteiger partial charge in [0.05, 0.1) is 0 Å². The highest BCUT2D eigenvalue weighted by Crippen LogP contribution is 2.22. The van der Waals surface area contributed by atoms with Crippen molar-refractivity contribution >= 4 is 11.9 Å². The van der Waals surface area contributed by atoms with Crippen LogP contribution in [0.25, 0.3) is 0 Å². The molecule has 0 saturated heterocycles. The predicted octanol–water partition coefficient (Wildman–Crippen LogP) is 2.40. The molecule has 1 aromatic carbocycles. The lowest BCUT2D eigenvalue weighted by atomic mass is 10.0. The van der Waals surface area contributed by atoms with Gasteiger partial charge in [-0.1, -0.05) is 19.9 Å². The highest BCUT2D eigenvalue weighted by atomic mass is 16.4. The Balaban J connectivity index is 2.08. The lowest BCUT2D eigenvalue weighted by Gasteiger charge is -2.16. The van der Waals surface area contributed by atoms with Crippen LogP contribution >= 0.6 is 0 Å². The largest absolute Gasteiger partial charge is 0.480 e. The number of hydrogen-bond donors (Lipinski definition) is 2.